The van der Waals surface area contributed by atoms with Gasteiger partial charge < -0.3 is 9.15 Å². The number of thiocarbonyl (C=S) groups is 1. The van der Waals surface area contributed by atoms with Crippen LogP contribution in [0, 0.1) is 6.92 Å². The predicted molar refractivity (Wildman–Crippen MR) is 96.6 cm³/mol. The average Bonchev–Trinajstić information content (AvgIpc) is 2.99. The lowest BCUT2D eigenvalue weighted by molar-refractivity contribution is 0.0818. The predicted octanol–water partition coefficient (Wildman–Crippen LogP) is 3.00. The van der Waals surface area contributed by atoms with E-state index in [2.05, 4.69) is 0 Å². The van der Waals surface area contributed by atoms with Gasteiger partial charge in [0.25, 0.3) is 5.91 Å². The Morgan fingerprint density at radius 1 is 1.38 bits per heavy atom. The molecule has 1 amide bonds. The molecule has 0 aliphatic carbocycles. The summed E-state index contributed by atoms with van der Waals surface area (Å²) >= 11 is 6.60. The van der Waals surface area contributed by atoms with Crippen molar-refractivity contribution in [1.82, 2.24) is 4.90 Å². The van der Waals surface area contributed by atoms with E-state index >= 15 is 0 Å². The van der Waals surface area contributed by atoms with Crippen molar-refractivity contribution in [2.75, 3.05) is 12.3 Å². The van der Waals surface area contributed by atoms with E-state index in [1.54, 1.807) is 6.92 Å². The van der Waals surface area contributed by atoms with Crippen LogP contribution in [0.4, 0.5) is 0 Å². The third kappa shape index (κ3) is 3.52. The van der Waals surface area contributed by atoms with E-state index in [9.17, 15) is 9.59 Å². The first-order chi connectivity index (χ1) is 11.6. The Bertz CT molecular complexity index is 832. The van der Waals surface area contributed by atoms with Gasteiger partial charge in [0.15, 0.2) is 0 Å². The molecular formula is C17H15NO4S2. The summed E-state index contributed by atoms with van der Waals surface area (Å²) in [6.07, 6.45) is 0. The first kappa shape index (κ1) is 16.7. The Morgan fingerprint density at radius 3 is 2.79 bits per heavy atom. The van der Waals surface area contributed by atoms with E-state index in [1.165, 1.54) is 22.7 Å². The van der Waals surface area contributed by atoms with E-state index in [-0.39, 0.29) is 23.5 Å². The van der Waals surface area contributed by atoms with E-state index in [0.29, 0.717) is 16.6 Å². The van der Waals surface area contributed by atoms with Crippen molar-refractivity contribution in [2.24, 2.45) is 0 Å². The molecule has 24 heavy (non-hydrogen) atoms. The van der Waals surface area contributed by atoms with E-state index in [0.717, 1.165) is 11.3 Å². The van der Waals surface area contributed by atoms with Gasteiger partial charge in [0, 0.05) is 18.4 Å². The molecule has 0 atom stereocenters. The summed E-state index contributed by atoms with van der Waals surface area (Å²) in [6, 6.07) is 10.7. The van der Waals surface area contributed by atoms with Crippen molar-refractivity contribution in [2.45, 2.75) is 13.5 Å². The number of hydrogen-bond donors (Lipinski definition) is 0. The smallest absolute Gasteiger partial charge is 0.299 e. The van der Waals surface area contributed by atoms with Gasteiger partial charge in [-0.05, 0) is 12.5 Å². The van der Waals surface area contributed by atoms with Crippen LogP contribution in [-0.4, -0.2) is 27.4 Å². The molecule has 124 valence electrons. The van der Waals surface area contributed by atoms with Crippen molar-refractivity contribution < 1.29 is 13.9 Å². The van der Waals surface area contributed by atoms with Crippen molar-refractivity contribution in [3.8, 4) is 5.75 Å². The highest BCUT2D eigenvalue weighted by Crippen LogP contribution is 2.24. The van der Waals surface area contributed by atoms with Crippen LogP contribution in [0.1, 0.15) is 21.9 Å². The molecule has 2 heterocycles. The Balaban J connectivity index is 1.91. The van der Waals surface area contributed by atoms with Crippen LogP contribution >= 0.6 is 24.0 Å². The molecule has 1 aromatic carbocycles. The summed E-state index contributed by atoms with van der Waals surface area (Å²) in [7, 11) is 0. The van der Waals surface area contributed by atoms with Crippen LogP contribution in [0.2, 0.25) is 0 Å². The Labute approximate surface area is 148 Å². The molecule has 0 saturated carbocycles. The van der Waals surface area contributed by atoms with Gasteiger partial charge in [0.2, 0.25) is 16.9 Å². The van der Waals surface area contributed by atoms with Crippen LogP contribution in [0.15, 0.2) is 45.6 Å². The number of rotatable bonds is 4. The summed E-state index contributed by atoms with van der Waals surface area (Å²) in [5, 5.41) is 0. The van der Waals surface area contributed by atoms with Gasteiger partial charge in [-0.15, -0.1) is 0 Å². The van der Waals surface area contributed by atoms with E-state index in [1.807, 2.05) is 30.3 Å². The molecular weight excluding hydrogens is 346 g/mol. The van der Waals surface area contributed by atoms with Crippen molar-refractivity contribution in [1.29, 1.82) is 0 Å². The molecule has 0 bridgehead atoms. The monoisotopic (exact) mass is 361 g/mol. The minimum absolute atomic E-state index is 0.0749. The lowest BCUT2D eigenvalue weighted by Crippen LogP contribution is -2.32. The maximum atomic E-state index is 12.7. The van der Waals surface area contributed by atoms with Gasteiger partial charge in [-0.3, -0.25) is 14.5 Å². The van der Waals surface area contributed by atoms with Gasteiger partial charge in [-0.1, -0.05) is 54.3 Å². The lowest BCUT2D eigenvalue weighted by atomic mass is 10.2. The van der Waals surface area contributed by atoms with Crippen LogP contribution in [0.3, 0.4) is 0 Å². The summed E-state index contributed by atoms with van der Waals surface area (Å²) in [6.45, 7) is 2.29. The minimum Gasteiger partial charge on any atom is -0.481 e. The number of aryl methyl sites for hydroxylation is 1. The fraction of sp³-hybridized carbons (Fsp3) is 0.235. The van der Waals surface area contributed by atoms with Gasteiger partial charge in [0.1, 0.15) is 16.7 Å². The second-order valence-electron chi connectivity index (χ2n) is 5.22. The first-order valence-corrected chi connectivity index (χ1v) is 8.76. The number of hydrogen-bond acceptors (Lipinski definition) is 6. The highest BCUT2D eigenvalue weighted by atomic mass is 32.2. The van der Waals surface area contributed by atoms with E-state index in [4.69, 9.17) is 21.4 Å². The second-order valence-corrected chi connectivity index (χ2v) is 6.95. The number of amides is 1. The molecule has 1 aromatic heterocycles. The topological polar surface area (TPSA) is 59.8 Å². The second kappa shape index (κ2) is 7.19. The van der Waals surface area contributed by atoms with Gasteiger partial charge in [-0.25, -0.2) is 0 Å². The SMILES string of the molecule is Cc1cc(=O)c(OCc2ccccc2)c(C(=O)N2CCSC2=S)o1. The number of ether oxygens (including phenoxy) is 1. The van der Waals surface area contributed by atoms with Crippen LogP contribution in [0.5, 0.6) is 5.75 Å². The highest BCUT2D eigenvalue weighted by Gasteiger charge is 2.30. The maximum absolute atomic E-state index is 12.7. The Morgan fingerprint density at radius 2 is 2.12 bits per heavy atom. The molecule has 0 spiro atoms. The summed E-state index contributed by atoms with van der Waals surface area (Å²) in [5.41, 5.74) is 0.513. The molecule has 1 aliphatic heterocycles. The molecule has 1 fully saturated rings. The third-order valence-corrected chi connectivity index (χ3v) is 4.88. The number of benzene rings is 1. The quantitative estimate of drug-likeness (QED) is 0.780. The lowest BCUT2D eigenvalue weighted by Gasteiger charge is -2.16. The Hall–Kier alpha value is -2.12. The Kier molecular flexibility index (Phi) is 5.01. The summed E-state index contributed by atoms with van der Waals surface area (Å²) in [5.74, 6) is 0.484. The van der Waals surface area contributed by atoms with Crippen molar-refractivity contribution >= 4 is 34.2 Å². The molecule has 1 aliphatic rings. The van der Waals surface area contributed by atoms with Crippen molar-refractivity contribution in [3.05, 3.63) is 63.7 Å². The largest absolute Gasteiger partial charge is 0.481 e. The maximum Gasteiger partial charge on any atom is 0.299 e. The van der Waals surface area contributed by atoms with Crippen LogP contribution < -0.4 is 10.2 Å². The summed E-state index contributed by atoms with van der Waals surface area (Å²) in [4.78, 5) is 26.4. The highest BCUT2D eigenvalue weighted by molar-refractivity contribution is 8.23. The number of carbonyl (C=O) groups is 1. The fourth-order valence-electron chi connectivity index (χ4n) is 2.31. The zero-order valence-electron chi connectivity index (χ0n) is 13.0. The number of nitrogens with zero attached hydrogens (tertiary/aromatic N) is 1. The molecule has 3 rings (SSSR count). The molecule has 0 unspecified atom stereocenters. The molecule has 1 saturated heterocycles. The zero-order chi connectivity index (χ0) is 17.1. The molecule has 0 N–H and O–H groups in total. The average molecular weight is 361 g/mol. The van der Waals surface area contributed by atoms with Gasteiger partial charge in [0.05, 0.1) is 0 Å². The molecule has 0 radical (unpaired) electrons. The van der Waals surface area contributed by atoms with Crippen LogP contribution in [-0.2, 0) is 6.61 Å². The normalized spacial score (nSPS) is 14.0. The van der Waals surface area contributed by atoms with E-state index < -0.39 is 5.91 Å². The third-order valence-electron chi connectivity index (χ3n) is 3.45. The molecule has 5 nitrogen and oxygen atoms in total. The number of carbonyl (C=O) groups excluding carboxylic acids is 1. The van der Waals surface area contributed by atoms with Gasteiger partial charge in [-0.2, -0.15) is 0 Å². The number of thioether (sulfide) groups is 1. The first-order valence-electron chi connectivity index (χ1n) is 7.36. The van der Waals surface area contributed by atoms with Crippen LogP contribution in [0.25, 0.3) is 0 Å². The standard InChI is InChI=1S/C17H15NO4S2/c1-11-9-13(19)14(21-10-12-5-3-2-4-6-12)15(22-11)16(20)18-7-8-24-17(18)23/h2-6,9H,7-8,10H2,1H3. The molecule has 7 heteroatoms. The fourth-order valence-corrected chi connectivity index (χ4v) is 3.51. The van der Waals surface area contributed by atoms with Gasteiger partial charge >= 0.3 is 0 Å². The van der Waals surface area contributed by atoms with Crippen molar-refractivity contribution in [3.63, 3.8) is 0 Å². The zero-order valence-corrected chi connectivity index (χ0v) is 14.6. The molecule has 2 aromatic rings. The minimum atomic E-state index is -0.436. The summed E-state index contributed by atoms with van der Waals surface area (Å²) < 4.78 is 11.6.